The second-order valence-corrected chi connectivity index (χ2v) is 10.9. The molecule has 0 saturated heterocycles. The second-order valence-electron chi connectivity index (χ2n) is 10.9. The van der Waals surface area contributed by atoms with E-state index in [2.05, 4.69) is 37.7 Å². The van der Waals surface area contributed by atoms with Gasteiger partial charge < -0.3 is 25.5 Å². The fourth-order valence-corrected chi connectivity index (χ4v) is 4.72. The molecule has 1 aliphatic carbocycles. The van der Waals surface area contributed by atoms with E-state index in [1.54, 1.807) is 29.4 Å². The normalized spacial score (nSPS) is 17.8. The first kappa shape index (κ1) is 27.6. The maximum absolute atomic E-state index is 13.0. The molecule has 1 amide bonds. The van der Waals surface area contributed by atoms with Crippen molar-refractivity contribution in [3.8, 4) is 5.75 Å². The first-order chi connectivity index (χ1) is 18.3. The molecule has 2 aromatic heterocycles. The molecule has 0 aliphatic heterocycles. The summed E-state index contributed by atoms with van der Waals surface area (Å²) in [5, 5.41) is 17.6. The van der Waals surface area contributed by atoms with Gasteiger partial charge >= 0.3 is 6.09 Å². The predicted molar refractivity (Wildman–Crippen MR) is 146 cm³/mol. The van der Waals surface area contributed by atoms with Gasteiger partial charge in [-0.25, -0.2) is 9.78 Å². The Labute approximate surface area is 225 Å². The first-order valence-electron chi connectivity index (χ1n) is 13.4. The molecular weight excluding hydrogens is 480 g/mol. The number of aromatic amines is 1. The number of ether oxygens (including phenoxy) is 1. The van der Waals surface area contributed by atoms with Gasteiger partial charge in [0.1, 0.15) is 22.9 Å². The summed E-state index contributed by atoms with van der Waals surface area (Å²) in [5.74, 6) is 1.02. The van der Waals surface area contributed by atoms with Crippen LogP contribution in [0.15, 0.2) is 55.0 Å². The minimum absolute atomic E-state index is 0.0575. The molecule has 2 heterocycles. The number of carbonyl (C=O) groups is 1. The predicted octanol–water partition coefficient (Wildman–Crippen LogP) is 4.64. The van der Waals surface area contributed by atoms with E-state index in [-0.39, 0.29) is 12.3 Å². The van der Waals surface area contributed by atoms with E-state index in [9.17, 15) is 9.90 Å². The van der Waals surface area contributed by atoms with Crippen LogP contribution in [0.25, 0.3) is 0 Å². The van der Waals surface area contributed by atoms with Gasteiger partial charge in [0.2, 0.25) is 0 Å². The zero-order valence-corrected chi connectivity index (χ0v) is 22.6. The number of aromatic hydroxyl groups is 1. The molecule has 0 radical (unpaired) electrons. The smallest absolute Gasteiger partial charge is 0.410 e. The van der Waals surface area contributed by atoms with E-state index in [1.165, 1.54) is 18.4 Å². The number of imidazole rings is 1. The van der Waals surface area contributed by atoms with E-state index in [1.807, 2.05) is 39.1 Å². The highest BCUT2D eigenvalue weighted by Crippen LogP contribution is 2.21. The van der Waals surface area contributed by atoms with Crippen molar-refractivity contribution in [2.45, 2.75) is 90.3 Å². The zero-order chi connectivity index (χ0) is 27.0. The molecule has 1 saturated carbocycles. The SMILES string of the molecule is CC(C)(C)OC(=O)N(Cc1ccc(CNC2CCCCC2NCc2ncc[nH]2)cc1)Cc1ncccc1O. The maximum Gasteiger partial charge on any atom is 0.410 e. The van der Waals surface area contributed by atoms with Gasteiger partial charge in [0.25, 0.3) is 0 Å². The summed E-state index contributed by atoms with van der Waals surface area (Å²) in [5.41, 5.74) is 1.98. The fraction of sp³-hybridized carbons (Fsp3) is 0.483. The number of nitrogens with one attached hydrogen (secondary N) is 3. The third-order valence-corrected chi connectivity index (χ3v) is 6.68. The lowest BCUT2D eigenvalue weighted by molar-refractivity contribution is 0.0213. The highest BCUT2D eigenvalue weighted by atomic mass is 16.6. The highest BCUT2D eigenvalue weighted by Gasteiger charge is 2.25. The number of carbonyl (C=O) groups excluding carboxylic acids is 1. The van der Waals surface area contributed by atoms with Crippen molar-refractivity contribution in [1.29, 1.82) is 0 Å². The third kappa shape index (κ3) is 8.29. The lowest BCUT2D eigenvalue weighted by Gasteiger charge is -2.33. The number of aromatic nitrogens is 3. The number of benzene rings is 1. The van der Waals surface area contributed by atoms with Crippen LogP contribution in [-0.4, -0.2) is 48.7 Å². The number of rotatable bonds is 10. The average molecular weight is 521 g/mol. The molecule has 3 aromatic rings. The minimum Gasteiger partial charge on any atom is -0.506 e. The highest BCUT2D eigenvalue weighted by molar-refractivity contribution is 5.68. The molecular formula is C29H40N6O3. The van der Waals surface area contributed by atoms with Gasteiger partial charge in [0.15, 0.2) is 0 Å². The van der Waals surface area contributed by atoms with Crippen LogP contribution < -0.4 is 10.6 Å². The first-order valence-corrected chi connectivity index (χ1v) is 13.4. The Morgan fingerprint density at radius 2 is 1.68 bits per heavy atom. The Bertz CT molecular complexity index is 1140. The number of H-pyrrole nitrogens is 1. The number of nitrogens with zero attached hydrogens (tertiary/aromatic N) is 3. The van der Waals surface area contributed by atoms with Gasteiger partial charge in [-0.3, -0.25) is 9.88 Å². The van der Waals surface area contributed by atoms with E-state index in [0.29, 0.717) is 24.3 Å². The van der Waals surface area contributed by atoms with Gasteiger partial charge in [0.05, 0.1) is 13.1 Å². The molecule has 204 valence electrons. The van der Waals surface area contributed by atoms with Crippen molar-refractivity contribution < 1.29 is 14.6 Å². The van der Waals surface area contributed by atoms with Crippen LogP contribution >= 0.6 is 0 Å². The lowest BCUT2D eigenvalue weighted by atomic mass is 9.90. The largest absolute Gasteiger partial charge is 0.506 e. The maximum atomic E-state index is 13.0. The monoisotopic (exact) mass is 520 g/mol. The van der Waals surface area contributed by atoms with E-state index >= 15 is 0 Å². The molecule has 0 bridgehead atoms. The number of amides is 1. The van der Waals surface area contributed by atoms with E-state index < -0.39 is 11.7 Å². The molecule has 4 rings (SSSR count). The van der Waals surface area contributed by atoms with Crippen molar-refractivity contribution in [1.82, 2.24) is 30.5 Å². The van der Waals surface area contributed by atoms with Crippen molar-refractivity contribution in [3.05, 3.63) is 77.6 Å². The molecule has 38 heavy (non-hydrogen) atoms. The Hall–Kier alpha value is -3.43. The summed E-state index contributed by atoms with van der Waals surface area (Å²) in [6.45, 7) is 7.54. The van der Waals surface area contributed by atoms with E-state index in [0.717, 1.165) is 37.3 Å². The van der Waals surface area contributed by atoms with Crippen LogP contribution in [0.4, 0.5) is 4.79 Å². The van der Waals surface area contributed by atoms with Crippen molar-refractivity contribution >= 4 is 6.09 Å². The zero-order valence-electron chi connectivity index (χ0n) is 22.6. The standard InChI is InChI=1S/C29H40N6O3/c1-29(2,3)38-28(37)35(20-25-26(36)9-6-14-30-25)19-22-12-10-21(11-13-22)17-33-23-7-4-5-8-24(23)34-18-27-31-15-16-32-27/h6,9-16,23-24,33-34,36H,4-5,7-8,17-20H2,1-3H3,(H,31,32). The summed E-state index contributed by atoms with van der Waals surface area (Å²) in [6, 6.07) is 12.3. The van der Waals surface area contributed by atoms with Crippen molar-refractivity contribution in [2.75, 3.05) is 0 Å². The van der Waals surface area contributed by atoms with Crippen LogP contribution in [0.5, 0.6) is 5.75 Å². The van der Waals surface area contributed by atoms with Crippen molar-refractivity contribution in [3.63, 3.8) is 0 Å². The summed E-state index contributed by atoms with van der Waals surface area (Å²) < 4.78 is 5.62. The second kappa shape index (κ2) is 12.9. The topological polar surface area (TPSA) is 115 Å². The Morgan fingerprint density at radius 3 is 2.32 bits per heavy atom. The Balaban J connectivity index is 1.35. The van der Waals surface area contributed by atoms with Crippen molar-refractivity contribution in [2.24, 2.45) is 0 Å². The summed E-state index contributed by atoms with van der Waals surface area (Å²) in [7, 11) is 0. The van der Waals surface area contributed by atoms with Gasteiger partial charge in [0, 0.05) is 43.8 Å². The van der Waals surface area contributed by atoms with E-state index in [4.69, 9.17) is 4.74 Å². The van der Waals surface area contributed by atoms with Crippen LogP contribution in [0, 0.1) is 0 Å². The van der Waals surface area contributed by atoms with Gasteiger partial charge in [-0.2, -0.15) is 0 Å². The van der Waals surface area contributed by atoms with Crippen LogP contribution in [0.1, 0.15) is 69.1 Å². The minimum atomic E-state index is -0.624. The molecule has 9 nitrogen and oxygen atoms in total. The molecule has 2 atom stereocenters. The Morgan fingerprint density at radius 1 is 1.00 bits per heavy atom. The average Bonchev–Trinajstić information content (AvgIpc) is 3.41. The molecule has 2 unspecified atom stereocenters. The van der Waals surface area contributed by atoms with Gasteiger partial charge in [-0.05, 0) is 56.9 Å². The fourth-order valence-electron chi connectivity index (χ4n) is 4.72. The molecule has 1 fully saturated rings. The lowest BCUT2D eigenvalue weighted by Crippen LogP contribution is -2.49. The van der Waals surface area contributed by atoms with Crippen LogP contribution in [0.2, 0.25) is 0 Å². The summed E-state index contributed by atoms with van der Waals surface area (Å²) in [6.07, 6.45) is 9.59. The quantitative estimate of drug-likeness (QED) is 0.308. The Kier molecular flexibility index (Phi) is 9.36. The van der Waals surface area contributed by atoms with Gasteiger partial charge in [-0.15, -0.1) is 0 Å². The third-order valence-electron chi connectivity index (χ3n) is 6.68. The molecule has 1 aromatic carbocycles. The number of pyridine rings is 1. The van der Waals surface area contributed by atoms with Crippen LogP contribution in [-0.2, 0) is 30.9 Å². The molecule has 9 heteroatoms. The molecule has 1 aliphatic rings. The van der Waals surface area contributed by atoms with Gasteiger partial charge in [-0.1, -0.05) is 37.1 Å². The summed E-state index contributed by atoms with van der Waals surface area (Å²) >= 11 is 0. The molecule has 4 N–H and O–H groups in total. The number of hydrogen-bond acceptors (Lipinski definition) is 7. The summed E-state index contributed by atoms with van der Waals surface area (Å²) in [4.78, 5) is 26.2. The number of hydrogen-bond donors (Lipinski definition) is 4. The van der Waals surface area contributed by atoms with Crippen LogP contribution in [0.3, 0.4) is 0 Å². The molecule has 0 spiro atoms.